The van der Waals surface area contributed by atoms with Gasteiger partial charge in [0.2, 0.25) is 0 Å². The first-order valence-electron chi connectivity index (χ1n) is 5.33. The van der Waals surface area contributed by atoms with E-state index in [1.165, 1.54) is 0 Å². The molecule has 1 unspecified atom stereocenters. The molecule has 1 atom stereocenters. The maximum Gasteiger partial charge on any atom is 0.123 e. The summed E-state index contributed by atoms with van der Waals surface area (Å²) in [5, 5.41) is 19.1. The zero-order chi connectivity index (χ0) is 12.8. The van der Waals surface area contributed by atoms with E-state index in [-0.39, 0.29) is 6.61 Å². The van der Waals surface area contributed by atoms with Crippen LogP contribution in [0.15, 0.2) is 18.2 Å². The van der Waals surface area contributed by atoms with Crippen LogP contribution in [0.3, 0.4) is 0 Å². The summed E-state index contributed by atoms with van der Waals surface area (Å²) in [6.45, 7) is 3.10. The van der Waals surface area contributed by atoms with Gasteiger partial charge in [0.05, 0.1) is 22.7 Å². The van der Waals surface area contributed by atoms with Gasteiger partial charge in [-0.05, 0) is 24.2 Å². The number of hydrogen-bond acceptors (Lipinski definition) is 3. The minimum absolute atomic E-state index is 0.0212. The van der Waals surface area contributed by atoms with Gasteiger partial charge >= 0.3 is 0 Å². The second-order valence-electron chi connectivity index (χ2n) is 3.56. The van der Waals surface area contributed by atoms with Gasteiger partial charge < -0.3 is 5.11 Å². The van der Waals surface area contributed by atoms with Crippen LogP contribution in [0.2, 0.25) is 10.0 Å². The standard InChI is InChI=1S/C12H14Cl2N2O/c1-2-16(5-6-17)12(8-15)9-3-4-10(13)11(14)7-9/h3-4,7,12,17H,2,5-6H2,1H3. The minimum Gasteiger partial charge on any atom is -0.395 e. The number of nitrogens with zero attached hydrogens (tertiary/aromatic N) is 2. The third-order valence-electron chi connectivity index (χ3n) is 2.54. The summed E-state index contributed by atoms with van der Waals surface area (Å²) in [5.74, 6) is 0. The second-order valence-corrected chi connectivity index (χ2v) is 4.37. The summed E-state index contributed by atoms with van der Waals surface area (Å²) in [6.07, 6.45) is 0. The molecule has 0 radical (unpaired) electrons. The highest BCUT2D eigenvalue weighted by Crippen LogP contribution is 2.27. The highest BCUT2D eigenvalue weighted by Gasteiger charge is 2.18. The van der Waals surface area contributed by atoms with Crippen molar-refractivity contribution >= 4 is 23.2 Å². The fraction of sp³-hybridized carbons (Fsp3) is 0.417. The lowest BCUT2D eigenvalue weighted by Crippen LogP contribution is -2.30. The molecule has 0 aliphatic rings. The van der Waals surface area contributed by atoms with Crippen LogP contribution in [0.5, 0.6) is 0 Å². The fourth-order valence-corrected chi connectivity index (χ4v) is 1.95. The number of benzene rings is 1. The smallest absolute Gasteiger partial charge is 0.123 e. The van der Waals surface area contributed by atoms with E-state index in [2.05, 4.69) is 6.07 Å². The molecule has 0 heterocycles. The fourth-order valence-electron chi connectivity index (χ4n) is 1.65. The Balaban J connectivity index is 3.00. The van der Waals surface area contributed by atoms with E-state index in [1.54, 1.807) is 18.2 Å². The molecule has 1 aromatic rings. The predicted molar refractivity (Wildman–Crippen MR) is 69.1 cm³/mol. The molecule has 0 aliphatic heterocycles. The molecule has 0 saturated carbocycles. The van der Waals surface area contributed by atoms with Crippen LogP contribution in [0.25, 0.3) is 0 Å². The summed E-state index contributed by atoms with van der Waals surface area (Å²) >= 11 is 11.8. The van der Waals surface area contributed by atoms with Crippen molar-refractivity contribution in [1.82, 2.24) is 4.90 Å². The number of aliphatic hydroxyl groups is 1. The first-order chi connectivity index (χ1) is 8.13. The van der Waals surface area contributed by atoms with Crippen LogP contribution >= 0.6 is 23.2 Å². The van der Waals surface area contributed by atoms with E-state index in [9.17, 15) is 5.26 Å². The van der Waals surface area contributed by atoms with Crippen molar-refractivity contribution in [3.05, 3.63) is 33.8 Å². The zero-order valence-corrected chi connectivity index (χ0v) is 11.0. The van der Waals surface area contributed by atoms with Gasteiger partial charge in [-0.1, -0.05) is 36.2 Å². The second kappa shape index (κ2) is 6.83. The van der Waals surface area contributed by atoms with Gasteiger partial charge in [-0.15, -0.1) is 0 Å². The summed E-state index contributed by atoms with van der Waals surface area (Å²) in [4.78, 5) is 1.87. The molecule has 0 fully saturated rings. The van der Waals surface area contributed by atoms with Crippen LogP contribution in [-0.4, -0.2) is 29.7 Å². The van der Waals surface area contributed by atoms with Crippen molar-refractivity contribution in [3.8, 4) is 6.07 Å². The molecular formula is C12H14Cl2N2O. The molecule has 92 valence electrons. The minimum atomic E-state index is -0.415. The number of likely N-dealkylation sites (N-methyl/N-ethyl adjacent to an activating group) is 1. The van der Waals surface area contributed by atoms with Crippen molar-refractivity contribution in [2.45, 2.75) is 13.0 Å². The number of hydrogen-bond donors (Lipinski definition) is 1. The highest BCUT2D eigenvalue weighted by molar-refractivity contribution is 6.42. The van der Waals surface area contributed by atoms with Gasteiger partial charge in [0.1, 0.15) is 6.04 Å². The molecule has 0 aromatic heterocycles. The average molecular weight is 273 g/mol. The molecule has 0 saturated heterocycles. The van der Waals surface area contributed by atoms with Crippen LogP contribution < -0.4 is 0 Å². The summed E-state index contributed by atoms with van der Waals surface area (Å²) in [6, 6.07) is 6.95. The normalized spacial score (nSPS) is 12.5. The topological polar surface area (TPSA) is 47.3 Å². The van der Waals surface area contributed by atoms with Gasteiger partial charge in [-0.3, -0.25) is 4.90 Å². The molecule has 5 heteroatoms. The van der Waals surface area contributed by atoms with E-state index in [0.29, 0.717) is 23.1 Å². The molecule has 0 amide bonds. The van der Waals surface area contributed by atoms with Gasteiger partial charge in [-0.2, -0.15) is 5.26 Å². The number of nitriles is 1. The maximum absolute atomic E-state index is 9.22. The van der Waals surface area contributed by atoms with E-state index < -0.39 is 6.04 Å². The van der Waals surface area contributed by atoms with E-state index in [0.717, 1.165) is 5.56 Å². The van der Waals surface area contributed by atoms with E-state index >= 15 is 0 Å². The first kappa shape index (κ1) is 14.3. The highest BCUT2D eigenvalue weighted by atomic mass is 35.5. The third-order valence-corrected chi connectivity index (χ3v) is 3.28. The molecule has 1 rings (SSSR count). The molecule has 17 heavy (non-hydrogen) atoms. The number of rotatable bonds is 5. The van der Waals surface area contributed by atoms with Gasteiger partial charge in [-0.25, -0.2) is 0 Å². The SMILES string of the molecule is CCN(CCO)C(C#N)c1ccc(Cl)c(Cl)c1. The Labute approximate surface area is 111 Å². The Bertz CT molecular complexity index is 417. The van der Waals surface area contributed by atoms with Gasteiger partial charge in [0, 0.05) is 6.54 Å². The Morgan fingerprint density at radius 2 is 2.12 bits per heavy atom. The monoisotopic (exact) mass is 272 g/mol. The molecule has 0 spiro atoms. The van der Waals surface area contributed by atoms with Crippen LogP contribution in [-0.2, 0) is 0 Å². The third kappa shape index (κ3) is 3.58. The van der Waals surface area contributed by atoms with Crippen LogP contribution in [0, 0.1) is 11.3 Å². The Morgan fingerprint density at radius 3 is 2.59 bits per heavy atom. The number of aliphatic hydroxyl groups excluding tert-OH is 1. The van der Waals surface area contributed by atoms with Crippen LogP contribution in [0.4, 0.5) is 0 Å². The maximum atomic E-state index is 9.22. The first-order valence-corrected chi connectivity index (χ1v) is 6.09. The Hall–Kier alpha value is -0.790. The van der Waals surface area contributed by atoms with Gasteiger partial charge in [0.25, 0.3) is 0 Å². The molecule has 0 aliphatic carbocycles. The molecule has 1 N–H and O–H groups in total. The average Bonchev–Trinajstić information content (AvgIpc) is 2.33. The van der Waals surface area contributed by atoms with Crippen molar-refractivity contribution in [1.29, 1.82) is 5.26 Å². The van der Waals surface area contributed by atoms with Crippen molar-refractivity contribution in [2.75, 3.05) is 19.7 Å². The van der Waals surface area contributed by atoms with Gasteiger partial charge in [0.15, 0.2) is 0 Å². The van der Waals surface area contributed by atoms with Crippen molar-refractivity contribution in [2.24, 2.45) is 0 Å². The molecular weight excluding hydrogens is 259 g/mol. The summed E-state index contributed by atoms with van der Waals surface area (Å²) < 4.78 is 0. The Kier molecular flexibility index (Phi) is 5.73. The Morgan fingerprint density at radius 1 is 1.41 bits per heavy atom. The lowest BCUT2D eigenvalue weighted by atomic mass is 10.1. The molecule has 3 nitrogen and oxygen atoms in total. The molecule has 0 bridgehead atoms. The van der Waals surface area contributed by atoms with Crippen molar-refractivity contribution < 1.29 is 5.11 Å². The summed E-state index contributed by atoms with van der Waals surface area (Å²) in [7, 11) is 0. The van der Waals surface area contributed by atoms with E-state index in [1.807, 2.05) is 11.8 Å². The lowest BCUT2D eigenvalue weighted by molar-refractivity contribution is 0.180. The van der Waals surface area contributed by atoms with E-state index in [4.69, 9.17) is 28.3 Å². The summed E-state index contributed by atoms with van der Waals surface area (Å²) in [5.41, 5.74) is 0.789. The largest absolute Gasteiger partial charge is 0.395 e. The quantitative estimate of drug-likeness (QED) is 0.897. The predicted octanol–water partition coefficient (Wildman–Crippen LogP) is 2.87. The molecule has 1 aromatic carbocycles. The number of halogens is 2. The van der Waals surface area contributed by atoms with Crippen molar-refractivity contribution in [3.63, 3.8) is 0 Å². The lowest BCUT2D eigenvalue weighted by Gasteiger charge is -2.25. The zero-order valence-electron chi connectivity index (χ0n) is 9.53. The van der Waals surface area contributed by atoms with Crippen LogP contribution in [0.1, 0.15) is 18.5 Å².